The summed E-state index contributed by atoms with van der Waals surface area (Å²) in [6.07, 6.45) is 2.75. The topological polar surface area (TPSA) is 20.2 Å². The van der Waals surface area contributed by atoms with Gasteiger partial charge in [-0.05, 0) is 13.3 Å². The molecule has 1 nitrogen and oxygen atoms in total. The number of hydrogen-bond donors (Lipinski definition) is 1. The third-order valence-electron chi connectivity index (χ3n) is 0.604. The van der Waals surface area contributed by atoms with Crippen LogP contribution in [-0.2, 0) is 0 Å². The van der Waals surface area contributed by atoms with Gasteiger partial charge in [0.2, 0.25) is 0 Å². The minimum Gasteiger partial charge on any atom is -0.397 e. The summed E-state index contributed by atoms with van der Waals surface area (Å²) in [6, 6.07) is 0. The molecule has 0 aromatic carbocycles. The van der Waals surface area contributed by atoms with Crippen LogP contribution >= 0.6 is 0 Å². The molecule has 0 aliphatic rings. The number of aliphatic hydroxyl groups excluding tert-OH is 1. The van der Waals surface area contributed by atoms with Gasteiger partial charge in [-0.2, -0.15) is 0 Å². The predicted octanol–water partition coefficient (Wildman–Crippen LogP) is 1.37. The summed E-state index contributed by atoms with van der Waals surface area (Å²) in [5.41, 5.74) is 0. The van der Waals surface area contributed by atoms with Crippen molar-refractivity contribution in [3.63, 3.8) is 0 Å². The molecule has 0 bridgehead atoms. The predicted molar refractivity (Wildman–Crippen MR) is 38.2 cm³/mol. The van der Waals surface area contributed by atoms with Crippen molar-refractivity contribution in [2.45, 2.75) is 31.2 Å². The average molecular weight is 127 g/mol. The van der Waals surface area contributed by atoms with Crippen LogP contribution in [0.4, 0.5) is 0 Å². The van der Waals surface area contributed by atoms with Crippen molar-refractivity contribution in [3.8, 4) is 0 Å². The Bertz CT molecular complexity index is 22.5. The Morgan fingerprint density at radius 3 is 1.75 bits per heavy atom. The second-order valence-electron chi connectivity index (χ2n) is 1.52. The van der Waals surface area contributed by atoms with Gasteiger partial charge in [0.1, 0.15) is 0 Å². The number of unbranched alkanes of at least 4 members (excludes halogenated alkanes) is 1. The molecule has 0 spiro atoms. The molecule has 0 saturated carbocycles. The van der Waals surface area contributed by atoms with Crippen LogP contribution in [-0.4, -0.2) is 33.4 Å². The van der Waals surface area contributed by atoms with Gasteiger partial charge in [0.15, 0.2) is 0 Å². The van der Waals surface area contributed by atoms with E-state index in [0.717, 1.165) is 0 Å². The van der Waals surface area contributed by atoms with Crippen LogP contribution < -0.4 is 0 Å². The lowest BCUT2D eigenvalue weighted by Crippen LogP contribution is -1.63. The van der Waals surface area contributed by atoms with Crippen molar-refractivity contribution in [2.24, 2.45) is 0 Å². The van der Waals surface area contributed by atoms with Crippen LogP contribution in [0, 0.1) is 0 Å². The van der Waals surface area contributed by atoms with Crippen molar-refractivity contribution in [1.82, 2.24) is 0 Å². The first-order chi connectivity index (χ1) is 3.83. The van der Waals surface area contributed by atoms with E-state index in [1.165, 1.54) is 17.4 Å². The van der Waals surface area contributed by atoms with Gasteiger partial charge in [0, 0.05) is 13.0 Å². The Morgan fingerprint density at radius 2 is 1.75 bits per heavy atom. The van der Waals surface area contributed by atoms with Crippen LogP contribution in [0.2, 0.25) is 4.55 Å². The molecule has 0 aliphatic heterocycles. The molecule has 1 N–H and O–H groups in total. The van der Waals surface area contributed by atoms with E-state index in [4.69, 9.17) is 5.11 Å². The Kier molecular flexibility index (Phi) is 22.5. The minimum atomic E-state index is 0.250. The van der Waals surface area contributed by atoms with Crippen molar-refractivity contribution in [1.29, 1.82) is 0 Å². The van der Waals surface area contributed by atoms with Crippen LogP contribution in [0.25, 0.3) is 0 Å². The quantitative estimate of drug-likeness (QED) is 0.556. The summed E-state index contributed by atoms with van der Waals surface area (Å²) in [5, 5.41) is 7.57. The molecule has 0 aromatic heterocycles. The first kappa shape index (κ1) is 11.5. The molecule has 0 aromatic rings. The molecule has 0 rings (SSSR count). The lowest BCUT2D eigenvalue weighted by Gasteiger charge is -1.65. The van der Waals surface area contributed by atoms with Gasteiger partial charge >= 0.3 is 21.7 Å². The molecular formula is C6H15MgO+2. The van der Waals surface area contributed by atoms with Crippen molar-refractivity contribution >= 4 is 21.7 Å². The van der Waals surface area contributed by atoms with Gasteiger partial charge in [-0.25, -0.2) is 0 Å². The van der Waals surface area contributed by atoms with Crippen LogP contribution in [0.5, 0.6) is 0 Å². The van der Waals surface area contributed by atoms with Gasteiger partial charge in [0.25, 0.3) is 4.55 Å². The molecular weight excluding hydrogens is 112 g/mol. The monoisotopic (exact) mass is 127 g/mol. The minimum absolute atomic E-state index is 0.250. The molecule has 0 unspecified atom stereocenters. The van der Waals surface area contributed by atoms with Gasteiger partial charge in [0.05, 0.1) is 0 Å². The summed E-state index contributed by atoms with van der Waals surface area (Å²) >= 11 is 2.05. The Hall–Kier alpha value is 0.726. The molecule has 0 fully saturated rings. The second-order valence-corrected chi connectivity index (χ2v) is 2.23. The van der Waals surface area contributed by atoms with E-state index in [0.29, 0.717) is 0 Å². The summed E-state index contributed by atoms with van der Waals surface area (Å²) < 4.78 is 1.37. The summed E-state index contributed by atoms with van der Waals surface area (Å²) in [6.45, 7) is 4.15. The molecule has 45 valence electrons. The van der Waals surface area contributed by atoms with E-state index in [2.05, 4.69) is 6.92 Å². The van der Waals surface area contributed by atoms with E-state index in [1.54, 1.807) is 6.92 Å². The Labute approximate surface area is 64.9 Å². The third kappa shape index (κ3) is 29.7. The lowest BCUT2D eigenvalue weighted by molar-refractivity contribution is 0.318. The van der Waals surface area contributed by atoms with Gasteiger partial charge in [-0.15, -0.1) is 0 Å². The maximum Gasteiger partial charge on any atom is 1.41 e. The zero-order valence-corrected chi connectivity index (χ0v) is 7.40. The Morgan fingerprint density at radius 1 is 1.38 bits per heavy atom. The first-order valence-electron chi connectivity index (χ1n) is 3.23. The van der Waals surface area contributed by atoms with E-state index in [1.807, 2.05) is 21.7 Å². The fourth-order valence-electron chi connectivity index (χ4n) is 0.250. The highest BCUT2D eigenvalue weighted by molar-refractivity contribution is 6.08. The standard InChI is InChI=1S/C4H9.C2H6O.Mg/c1-3-4-2;1-2-3;/h1,3-4H2,2H3;3H,2H2,1H3;/q;;+2. The fourth-order valence-corrected chi connectivity index (χ4v) is 0.750. The molecule has 2 heteroatoms. The fraction of sp³-hybridized carbons (Fsp3) is 1.00. The molecule has 8 heavy (non-hydrogen) atoms. The second kappa shape index (κ2) is 15.6. The smallest absolute Gasteiger partial charge is 0.397 e. The highest BCUT2D eigenvalue weighted by atomic mass is 24.4. The molecule has 0 aliphatic carbocycles. The zero-order valence-electron chi connectivity index (χ0n) is 5.98. The van der Waals surface area contributed by atoms with Crippen LogP contribution in [0.3, 0.4) is 0 Å². The van der Waals surface area contributed by atoms with Gasteiger partial charge < -0.3 is 5.11 Å². The number of aliphatic hydroxyl groups is 1. The molecule has 0 heterocycles. The molecule has 0 amide bonds. The number of rotatable bonds is 2. The largest absolute Gasteiger partial charge is 1.41 e. The van der Waals surface area contributed by atoms with Crippen molar-refractivity contribution < 1.29 is 5.11 Å². The summed E-state index contributed by atoms with van der Waals surface area (Å²) in [4.78, 5) is 0. The first-order valence-corrected chi connectivity index (χ1v) is 4.23. The lowest BCUT2D eigenvalue weighted by atomic mass is 10.4. The normalized spacial score (nSPS) is 7.50. The summed E-state index contributed by atoms with van der Waals surface area (Å²) in [7, 11) is 0. The van der Waals surface area contributed by atoms with E-state index >= 15 is 0 Å². The maximum absolute atomic E-state index is 7.57. The van der Waals surface area contributed by atoms with Crippen LogP contribution in [0.1, 0.15) is 26.7 Å². The highest BCUT2D eigenvalue weighted by Gasteiger charge is 2.19. The number of hydrogen-bond acceptors (Lipinski definition) is 1. The SMILES string of the molecule is CCC[CH2][Mg+2].CCO. The van der Waals surface area contributed by atoms with E-state index < -0.39 is 0 Å². The molecule has 0 atom stereocenters. The van der Waals surface area contributed by atoms with Crippen molar-refractivity contribution in [2.75, 3.05) is 6.61 Å². The van der Waals surface area contributed by atoms with E-state index in [9.17, 15) is 0 Å². The van der Waals surface area contributed by atoms with Crippen LogP contribution in [0.15, 0.2) is 0 Å². The molecule has 0 saturated heterocycles. The van der Waals surface area contributed by atoms with Crippen molar-refractivity contribution in [3.05, 3.63) is 0 Å². The Balaban J connectivity index is 0. The van der Waals surface area contributed by atoms with Gasteiger partial charge in [-0.3, -0.25) is 0 Å². The molecule has 7 radical (unpaired) electrons. The zero-order chi connectivity index (χ0) is 6.83. The van der Waals surface area contributed by atoms with Gasteiger partial charge in [-0.1, -0.05) is 6.92 Å². The summed E-state index contributed by atoms with van der Waals surface area (Å²) in [5.74, 6) is 0. The highest BCUT2D eigenvalue weighted by Crippen LogP contribution is 1.86. The maximum atomic E-state index is 7.57. The van der Waals surface area contributed by atoms with E-state index in [-0.39, 0.29) is 6.61 Å². The third-order valence-corrected chi connectivity index (χ3v) is 1.10. The average Bonchev–Trinajstić information content (AvgIpc) is 1.71.